The van der Waals surface area contributed by atoms with E-state index in [0.717, 1.165) is 12.8 Å². The Balaban J connectivity index is 3.71. The molecule has 0 amide bonds. The average Bonchev–Trinajstić information content (AvgIpc) is 2.00. The largest absolute Gasteiger partial charge is 0.480 e. The van der Waals surface area contributed by atoms with Gasteiger partial charge >= 0.3 is 0 Å². The van der Waals surface area contributed by atoms with Crippen molar-refractivity contribution in [3.8, 4) is 0 Å². The molecule has 0 radical (unpaired) electrons. The predicted molar refractivity (Wildman–Crippen MR) is 45.1 cm³/mol. The highest BCUT2D eigenvalue weighted by molar-refractivity contribution is 5.77. The van der Waals surface area contributed by atoms with Gasteiger partial charge in [-0.15, -0.1) is 0 Å². The van der Waals surface area contributed by atoms with Gasteiger partial charge in [0.2, 0.25) is 5.90 Å². The lowest BCUT2D eigenvalue weighted by molar-refractivity contribution is 0.119. The third kappa shape index (κ3) is 3.98. The quantitative estimate of drug-likeness (QED) is 0.491. The van der Waals surface area contributed by atoms with Crippen LogP contribution in [0, 0.1) is 5.41 Å². The minimum atomic E-state index is -0.153. The molecule has 3 heteroatoms. The molecule has 0 bridgehead atoms. The van der Waals surface area contributed by atoms with E-state index in [2.05, 4.69) is 6.92 Å². The van der Waals surface area contributed by atoms with Crippen LogP contribution in [0.1, 0.15) is 26.7 Å². The van der Waals surface area contributed by atoms with Gasteiger partial charge in [0.1, 0.15) is 6.10 Å². The van der Waals surface area contributed by atoms with Crippen LogP contribution >= 0.6 is 0 Å². The highest BCUT2D eigenvalue weighted by Crippen LogP contribution is 2.03. The first kappa shape index (κ1) is 10.4. The molecular formula is C8H17NO2. The molecule has 1 unspecified atom stereocenters. The van der Waals surface area contributed by atoms with Crippen LogP contribution in [0.5, 0.6) is 0 Å². The summed E-state index contributed by atoms with van der Waals surface area (Å²) in [7, 11) is 1.61. The zero-order valence-electron chi connectivity index (χ0n) is 7.52. The topological polar surface area (TPSA) is 42.3 Å². The average molecular weight is 159 g/mol. The van der Waals surface area contributed by atoms with Crippen molar-refractivity contribution in [3.05, 3.63) is 0 Å². The van der Waals surface area contributed by atoms with Gasteiger partial charge in [0, 0.05) is 7.11 Å². The minimum absolute atomic E-state index is 0.153. The lowest BCUT2D eigenvalue weighted by Gasteiger charge is -2.14. The van der Waals surface area contributed by atoms with E-state index in [1.807, 2.05) is 6.92 Å². The summed E-state index contributed by atoms with van der Waals surface area (Å²) in [6.07, 6.45) is 1.71. The molecule has 3 nitrogen and oxygen atoms in total. The SMILES string of the molecule is CCCC(OC)C(=N)OCC. The normalized spacial score (nSPS) is 12.6. The van der Waals surface area contributed by atoms with Crippen LogP contribution in [0.25, 0.3) is 0 Å². The molecule has 0 spiro atoms. The molecule has 0 fully saturated rings. The summed E-state index contributed by atoms with van der Waals surface area (Å²) < 4.78 is 10.1. The van der Waals surface area contributed by atoms with Gasteiger partial charge < -0.3 is 9.47 Å². The zero-order valence-corrected chi connectivity index (χ0v) is 7.52. The predicted octanol–water partition coefficient (Wildman–Crippen LogP) is 1.82. The molecule has 0 aromatic rings. The van der Waals surface area contributed by atoms with Gasteiger partial charge in [0.25, 0.3) is 0 Å². The molecule has 11 heavy (non-hydrogen) atoms. The summed E-state index contributed by atoms with van der Waals surface area (Å²) in [6.45, 7) is 4.47. The zero-order chi connectivity index (χ0) is 8.69. The van der Waals surface area contributed by atoms with Gasteiger partial charge in [-0.2, -0.15) is 0 Å². The maximum atomic E-state index is 7.40. The van der Waals surface area contributed by atoms with E-state index in [9.17, 15) is 0 Å². The van der Waals surface area contributed by atoms with Crippen molar-refractivity contribution in [1.82, 2.24) is 0 Å². The number of ether oxygens (including phenoxy) is 2. The lowest BCUT2D eigenvalue weighted by atomic mass is 10.2. The van der Waals surface area contributed by atoms with E-state index in [4.69, 9.17) is 14.9 Å². The summed E-state index contributed by atoms with van der Waals surface area (Å²) >= 11 is 0. The van der Waals surface area contributed by atoms with E-state index in [0.29, 0.717) is 6.61 Å². The first-order valence-electron chi connectivity index (χ1n) is 4.00. The molecule has 0 saturated heterocycles. The molecule has 0 heterocycles. The first-order valence-corrected chi connectivity index (χ1v) is 4.00. The van der Waals surface area contributed by atoms with Crippen molar-refractivity contribution in [2.75, 3.05) is 13.7 Å². The third-order valence-electron chi connectivity index (χ3n) is 1.43. The van der Waals surface area contributed by atoms with Crippen LogP contribution in [-0.2, 0) is 9.47 Å². The maximum absolute atomic E-state index is 7.40. The van der Waals surface area contributed by atoms with Crippen molar-refractivity contribution in [2.24, 2.45) is 0 Å². The summed E-state index contributed by atoms with van der Waals surface area (Å²) in [6, 6.07) is 0. The van der Waals surface area contributed by atoms with Gasteiger partial charge in [-0.1, -0.05) is 13.3 Å². The fraction of sp³-hybridized carbons (Fsp3) is 0.875. The number of nitrogens with one attached hydrogen (secondary N) is 1. The number of rotatable bonds is 5. The van der Waals surface area contributed by atoms with Gasteiger partial charge in [-0.05, 0) is 13.3 Å². The molecule has 66 valence electrons. The van der Waals surface area contributed by atoms with E-state index in [1.54, 1.807) is 7.11 Å². The Labute approximate surface area is 68.2 Å². The smallest absolute Gasteiger partial charge is 0.210 e. The Hall–Kier alpha value is -0.570. The van der Waals surface area contributed by atoms with Crippen molar-refractivity contribution < 1.29 is 9.47 Å². The molecule has 0 aromatic heterocycles. The third-order valence-corrected chi connectivity index (χ3v) is 1.43. The summed E-state index contributed by atoms with van der Waals surface area (Å²) in [5, 5.41) is 7.40. The molecule has 0 aromatic carbocycles. The number of hydrogen-bond acceptors (Lipinski definition) is 3. The van der Waals surface area contributed by atoms with Gasteiger partial charge in [-0.3, -0.25) is 5.41 Å². The second-order valence-corrected chi connectivity index (χ2v) is 2.31. The fourth-order valence-corrected chi connectivity index (χ4v) is 0.867. The molecule has 0 saturated carbocycles. The van der Waals surface area contributed by atoms with Gasteiger partial charge in [0.05, 0.1) is 6.61 Å². The molecule has 0 aliphatic carbocycles. The highest BCUT2D eigenvalue weighted by atomic mass is 16.5. The van der Waals surface area contributed by atoms with Gasteiger partial charge in [-0.25, -0.2) is 0 Å². The fourth-order valence-electron chi connectivity index (χ4n) is 0.867. The Bertz CT molecular complexity index is 115. The van der Waals surface area contributed by atoms with E-state index in [1.165, 1.54) is 0 Å². The lowest BCUT2D eigenvalue weighted by Crippen LogP contribution is -2.24. The molecular weight excluding hydrogens is 142 g/mol. The molecule has 0 aliphatic heterocycles. The summed E-state index contributed by atoms with van der Waals surface area (Å²) in [5.41, 5.74) is 0. The Morgan fingerprint density at radius 3 is 2.45 bits per heavy atom. The number of methoxy groups -OCH3 is 1. The van der Waals surface area contributed by atoms with E-state index in [-0.39, 0.29) is 12.0 Å². The van der Waals surface area contributed by atoms with Crippen LogP contribution < -0.4 is 0 Å². The molecule has 1 N–H and O–H groups in total. The Morgan fingerprint density at radius 1 is 1.45 bits per heavy atom. The number of hydrogen-bond donors (Lipinski definition) is 1. The Morgan fingerprint density at radius 2 is 2.09 bits per heavy atom. The van der Waals surface area contributed by atoms with Crippen molar-refractivity contribution in [2.45, 2.75) is 32.8 Å². The highest BCUT2D eigenvalue weighted by Gasteiger charge is 2.12. The van der Waals surface area contributed by atoms with Crippen LogP contribution in [0.2, 0.25) is 0 Å². The van der Waals surface area contributed by atoms with Crippen molar-refractivity contribution in [3.63, 3.8) is 0 Å². The molecule has 1 atom stereocenters. The van der Waals surface area contributed by atoms with Crippen molar-refractivity contribution >= 4 is 5.90 Å². The maximum Gasteiger partial charge on any atom is 0.210 e. The minimum Gasteiger partial charge on any atom is -0.480 e. The van der Waals surface area contributed by atoms with Crippen molar-refractivity contribution in [1.29, 1.82) is 5.41 Å². The second-order valence-electron chi connectivity index (χ2n) is 2.31. The molecule has 0 rings (SSSR count). The van der Waals surface area contributed by atoms with Gasteiger partial charge in [0.15, 0.2) is 0 Å². The summed E-state index contributed by atoms with van der Waals surface area (Å²) in [5.74, 6) is 0.247. The monoisotopic (exact) mass is 159 g/mol. The van der Waals surface area contributed by atoms with Crippen LogP contribution in [-0.4, -0.2) is 25.7 Å². The van der Waals surface area contributed by atoms with E-state index >= 15 is 0 Å². The standard InChI is InChI=1S/C8H17NO2/c1-4-6-7(10-3)8(9)11-5-2/h7,9H,4-6H2,1-3H3. The van der Waals surface area contributed by atoms with Crippen LogP contribution in [0.3, 0.4) is 0 Å². The van der Waals surface area contributed by atoms with Crippen LogP contribution in [0.15, 0.2) is 0 Å². The first-order chi connectivity index (χ1) is 5.26. The van der Waals surface area contributed by atoms with Crippen LogP contribution in [0.4, 0.5) is 0 Å². The molecule has 0 aliphatic rings. The van der Waals surface area contributed by atoms with E-state index < -0.39 is 0 Å². The Kier molecular flexibility index (Phi) is 5.84. The summed E-state index contributed by atoms with van der Waals surface area (Å²) in [4.78, 5) is 0. The second kappa shape index (κ2) is 6.16.